The molecule has 0 unspecified atom stereocenters. The lowest BCUT2D eigenvalue weighted by Crippen LogP contribution is -2.39. The first-order valence-corrected chi connectivity index (χ1v) is 15.1. The molecule has 1 fully saturated rings. The first-order valence-electron chi connectivity index (χ1n) is 12.6. The molecule has 1 aliphatic rings. The van der Waals surface area contributed by atoms with E-state index in [0.29, 0.717) is 23.5 Å². The fraction of sp³-hybridized carbons (Fsp3) is 0.250. The van der Waals surface area contributed by atoms with E-state index < -0.39 is 22.5 Å². The highest BCUT2D eigenvalue weighted by atomic mass is 127. The molecule has 2 N–H and O–H groups in total. The third kappa shape index (κ3) is 8.50. The largest absolute Gasteiger partial charge is 0.484 e. The highest BCUT2D eigenvalue weighted by Crippen LogP contribution is 2.24. The van der Waals surface area contributed by atoms with Gasteiger partial charge in [0.25, 0.3) is 21.8 Å². The molecule has 10 nitrogen and oxygen atoms in total. The summed E-state index contributed by atoms with van der Waals surface area (Å²) in [6, 6.07) is 21.6. The Bertz CT molecular complexity index is 1410. The lowest BCUT2D eigenvalue weighted by atomic mass is 10.2. The molecule has 40 heavy (non-hydrogen) atoms. The normalized spacial score (nSPS) is 15.1. The number of ether oxygens (including phenoxy) is 2. The van der Waals surface area contributed by atoms with E-state index in [1.54, 1.807) is 66.7 Å². The smallest absolute Gasteiger partial charge is 0.264 e. The van der Waals surface area contributed by atoms with Crippen molar-refractivity contribution < 1.29 is 27.5 Å². The van der Waals surface area contributed by atoms with Crippen molar-refractivity contribution in [1.82, 2.24) is 10.7 Å². The standard InChI is InChI=1S/C28H29IN4O6S/c29-22-10-12-23(13-11-22)33(40(36,37)26-6-2-1-3-7-26)19-27(34)32-31-17-21-8-14-24(15-9-21)39-20-28(35)30-18-25-5-4-16-38-25/h1-3,6-15,17,25H,4-5,16,18-20H2,(H,30,35)(H,32,34)/b31-17-/t25-/m1/s1. The molecule has 3 aromatic rings. The molecule has 12 heteroatoms. The van der Waals surface area contributed by atoms with Gasteiger partial charge in [0.2, 0.25) is 0 Å². The van der Waals surface area contributed by atoms with Gasteiger partial charge in [0.15, 0.2) is 6.61 Å². The first kappa shape index (κ1) is 29.5. The first-order chi connectivity index (χ1) is 19.3. The van der Waals surface area contributed by atoms with Gasteiger partial charge in [0.1, 0.15) is 12.3 Å². The van der Waals surface area contributed by atoms with Crippen LogP contribution in [0.25, 0.3) is 0 Å². The summed E-state index contributed by atoms with van der Waals surface area (Å²) in [7, 11) is -3.99. The molecule has 0 saturated carbocycles. The SMILES string of the molecule is O=C(COc1ccc(/C=N\NC(=O)CN(c2ccc(I)cc2)S(=O)(=O)c2ccccc2)cc1)NC[C@H]1CCCO1. The van der Waals surface area contributed by atoms with Crippen LogP contribution in [0.15, 0.2) is 88.9 Å². The molecule has 4 rings (SSSR count). The second kappa shape index (κ2) is 14.2. The van der Waals surface area contributed by atoms with Crippen LogP contribution in [0, 0.1) is 3.57 Å². The lowest BCUT2D eigenvalue weighted by Gasteiger charge is -2.23. The third-order valence-electron chi connectivity index (χ3n) is 5.94. The molecular formula is C28H29IN4O6S. The zero-order valence-corrected chi connectivity index (χ0v) is 24.5. The van der Waals surface area contributed by atoms with Gasteiger partial charge in [-0.2, -0.15) is 5.10 Å². The van der Waals surface area contributed by atoms with Gasteiger partial charge in [-0.05, 0) is 102 Å². The van der Waals surface area contributed by atoms with E-state index in [1.165, 1.54) is 18.3 Å². The van der Waals surface area contributed by atoms with Gasteiger partial charge in [-0.25, -0.2) is 13.8 Å². The Morgan fingerprint density at radius 2 is 1.75 bits per heavy atom. The molecular weight excluding hydrogens is 647 g/mol. The average molecular weight is 677 g/mol. The van der Waals surface area contributed by atoms with E-state index in [0.717, 1.165) is 27.3 Å². The molecule has 1 atom stereocenters. The number of rotatable bonds is 12. The van der Waals surface area contributed by atoms with E-state index in [9.17, 15) is 18.0 Å². The van der Waals surface area contributed by atoms with Crippen LogP contribution >= 0.6 is 22.6 Å². The average Bonchev–Trinajstić information content (AvgIpc) is 3.49. The number of halogens is 1. The maximum absolute atomic E-state index is 13.3. The molecule has 0 aromatic heterocycles. The van der Waals surface area contributed by atoms with Crippen molar-refractivity contribution in [3.8, 4) is 5.75 Å². The molecule has 0 aliphatic carbocycles. The minimum absolute atomic E-state index is 0.0710. The minimum Gasteiger partial charge on any atom is -0.484 e. The summed E-state index contributed by atoms with van der Waals surface area (Å²) < 4.78 is 39.6. The number of nitrogens with zero attached hydrogens (tertiary/aromatic N) is 2. The molecule has 1 saturated heterocycles. The number of carbonyl (C=O) groups is 2. The predicted molar refractivity (Wildman–Crippen MR) is 160 cm³/mol. The van der Waals surface area contributed by atoms with E-state index in [4.69, 9.17) is 9.47 Å². The molecule has 0 radical (unpaired) electrons. The zero-order valence-electron chi connectivity index (χ0n) is 21.5. The van der Waals surface area contributed by atoms with E-state index in [2.05, 4.69) is 38.4 Å². The Hall–Kier alpha value is -3.49. The Labute approximate surface area is 246 Å². The van der Waals surface area contributed by atoms with Gasteiger partial charge in [0, 0.05) is 16.7 Å². The van der Waals surface area contributed by atoms with Crippen molar-refractivity contribution in [3.05, 3.63) is 88.0 Å². The molecule has 2 amide bonds. The van der Waals surface area contributed by atoms with Crippen molar-refractivity contribution >= 4 is 56.3 Å². The number of anilines is 1. The maximum atomic E-state index is 13.3. The third-order valence-corrected chi connectivity index (χ3v) is 8.44. The van der Waals surface area contributed by atoms with Gasteiger partial charge in [0.05, 0.1) is 22.9 Å². The number of hydrogen-bond acceptors (Lipinski definition) is 7. The van der Waals surface area contributed by atoms with Gasteiger partial charge in [-0.1, -0.05) is 18.2 Å². The van der Waals surface area contributed by atoms with Gasteiger partial charge in [-0.15, -0.1) is 0 Å². The number of sulfonamides is 1. The molecule has 3 aromatic carbocycles. The van der Waals surface area contributed by atoms with Crippen LogP contribution in [0.1, 0.15) is 18.4 Å². The highest BCUT2D eigenvalue weighted by Gasteiger charge is 2.27. The Morgan fingerprint density at radius 3 is 2.42 bits per heavy atom. The van der Waals surface area contributed by atoms with E-state index >= 15 is 0 Å². The van der Waals surface area contributed by atoms with Crippen molar-refractivity contribution in [2.24, 2.45) is 5.10 Å². The van der Waals surface area contributed by atoms with Crippen molar-refractivity contribution in [2.45, 2.75) is 23.8 Å². The predicted octanol–water partition coefficient (Wildman–Crippen LogP) is 3.31. The van der Waals surface area contributed by atoms with Gasteiger partial charge < -0.3 is 14.8 Å². The summed E-state index contributed by atoms with van der Waals surface area (Å²) in [5.74, 6) is -0.326. The number of hydrazone groups is 1. The Balaban J connectivity index is 1.31. The monoisotopic (exact) mass is 676 g/mol. The quantitative estimate of drug-likeness (QED) is 0.172. The van der Waals surface area contributed by atoms with E-state index in [-0.39, 0.29) is 23.5 Å². The second-order valence-corrected chi connectivity index (χ2v) is 12.0. The maximum Gasteiger partial charge on any atom is 0.264 e. The molecule has 210 valence electrons. The van der Waals surface area contributed by atoms with Crippen LogP contribution in [-0.2, 0) is 24.3 Å². The van der Waals surface area contributed by atoms with Crippen LogP contribution < -0.4 is 19.8 Å². The minimum atomic E-state index is -3.99. The number of amides is 2. The fourth-order valence-electron chi connectivity index (χ4n) is 3.87. The molecule has 0 bridgehead atoms. The summed E-state index contributed by atoms with van der Waals surface area (Å²) in [5.41, 5.74) is 3.42. The summed E-state index contributed by atoms with van der Waals surface area (Å²) in [5, 5.41) is 6.76. The number of hydrogen-bond donors (Lipinski definition) is 2. The van der Waals surface area contributed by atoms with Crippen LogP contribution in [0.5, 0.6) is 5.75 Å². The number of carbonyl (C=O) groups excluding carboxylic acids is 2. The lowest BCUT2D eigenvalue weighted by molar-refractivity contribution is -0.123. The highest BCUT2D eigenvalue weighted by molar-refractivity contribution is 14.1. The van der Waals surface area contributed by atoms with Crippen molar-refractivity contribution in [2.75, 3.05) is 30.6 Å². The van der Waals surface area contributed by atoms with Crippen LogP contribution in [0.3, 0.4) is 0 Å². The topological polar surface area (TPSA) is 126 Å². The number of nitrogens with one attached hydrogen (secondary N) is 2. The fourth-order valence-corrected chi connectivity index (χ4v) is 5.67. The summed E-state index contributed by atoms with van der Waals surface area (Å²) in [6.45, 7) is 0.637. The van der Waals surface area contributed by atoms with Crippen molar-refractivity contribution in [1.29, 1.82) is 0 Å². The number of benzene rings is 3. The van der Waals surface area contributed by atoms with Crippen LogP contribution in [0.2, 0.25) is 0 Å². The summed E-state index contributed by atoms with van der Waals surface area (Å²) >= 11 is 2.12. The molecule has 0 spiro atoms. The van der Waals surface area contributed by atoms with Crippen molar-refractivity contribution in [3.63, 3.8) is 0 Å². The van der Waals surface area contributed by atoms with Gasteiger partial charge >= 0.3 is 0 Å². The summed E-state index contributed by atoms with van der Waals surface area (Å²) in [6.07, 6.45) is 3.46. The molecule has 1 heterocycles. The van der Waals surface area contributed by atoms with Gasteiger partial charge in [-0.3, -0.25) is 13.9 Å². The van der Waals surface area contributed by atoms with Crippen LogP contribution in [0.4, 0.5) is 5.69 Å². The summed E-state index contributed by atoms with van der Waals surface area (Å²) in [4.78, 5) is 24.8. The zero-order chi connectivity index (χ0) is 28.4. The Kier molecular flexibility index (Phi) is 10.5. The Morgan fingerprint density at radius 1 is 1.02 bits per heavy atom. The van der Waals surface area contributed by atoms with Crippen LogP contribution in [-0.4, -0.2) is 58.9 Å². The second-order valence-electron chi connectivity index (χ2n) is 8.89. The van der Waals surface area contributed by atoms with E-state index in [1.807, 2.05) is 0 Å². The molecule has 1 aliphatic heterocycles.